The number of nitrogens with one attached hydrogen (secondary N) is 1. The Bertz CT molecular complexity index is 360. The third kappa shape index (κ3) is 2.37. The average Bonchev–Trinajstić information content (AvgIpc) is 2.23. The maximum Gasteiger partial charge on any atom is 0.129 e. The molecule has 3 nitrogen and oxygen atoms in total. The summed E-state index contributed by atoms with van der Waals surface area (Å²) in [6, 6.07) is 4.00. The van der Waals surface area contributed by atoms with E-state index in [1.54, 1.807) is 6.20 Å². The van der Waals surface area contributed by atoms with E-state index in [-0.39, 0.29) is 18.2 Å². The highest BCUT2D eigenvalue weighted by molar-refractivity contribution is 6.29. The number of aliphatic hydroxyl groups excluding tert-OH is 1. The van der Waals surface area contributed by atoms with Gasteiger partial charge in [-0.1, -0.05) is 11.6 Å². The summed E-state index contributed by atoms with van der Waals surface area (Å²) in [5.74, 6) is 0. The fourth-order valence-electron chi connectivity index (χ4n) is 2.18. The first-order chi connectivity index (χ1) is 7.65. The fourth-order valence-corrected chi connectivity index (χ4v) is 2.36. The van der Waals surface area contributed by atoms with Crippen molar-refractivity contribution >= 4 is 11.6 Å². The van der Waals surface area contributed by atoms with Crippen LogP contribution < -0.4 is 5.32 Å². The van der Waals surface area contributed by atoms with Crippen molar-refractivity contribution in [2.24, 2.45) is 0 Å². The number of hydrogen-bond donors (Lipinski definition) is 2. The van der Waals surface area contributed by atoms with Gasteiger partial charge in [0.05, 0.1) is 6.61 Å². The van der Waals surface area contributed by atoms with Crippen LogP contribution in [-0.4, -0.2) is 22.2 Å². The molecule has 1 aromatic heterocycles. The molecule has 1 aliphatic carbocycles. The van der Waals surface area contributed by atoms with Crippen LogP contribution in [-0.2, 0) is 0 Å². The first kappa shape index (κ1) is 11.8. The Labute approximate surface area is 101 Å². The molecular weight excluding hydrogens is 224 g/mol. The summed E-state index contributed by atoms with van der Waals surface area (Å²) in [6.45, 7) is 2.29. The maximum absolute atomic E-state index is 9.39. The number of rotatable bonds is 4. The largest absolute Gasteiger partial charge is 0.394 e. The van der Waals surface area contributed by atoms with Gasteiger partial charge in [-0.25, -0.2) is 4.98 Å². The number of aliphatic hydroxyl groups is 1. The second-order valence-corrected chi connectivity index (χ2v) is 4.96. The minimum Gasteiger partial charge on any atom is -0.394 e. The summed E-state index contributed by atoms with van der Waals surface area (Å²) >= 11 is 5.85. The SMILES string of the molecule is CC(NC1(CO)CCC1)c1ccnc(Cl)c1. The van der Waals surface area contributed by atoms with Gasteiger partial charge in [-0.15, -0.1) is 0 Å². The van der Waals surface area contributed by atoms with Crippen LogP contribution in [0.15, 0.2) is 18.3 Å². The quantitative estimate of drug-likeness (QED) is 0.794. The van der Waals surface area contributed by atoms with Crippen molar-refractivity contribution in [3.05, 3.63) is 29.0 Å². The van der Waals surface area contributed by atoms with Gasteiger partial charge >= 0.3 is 0 Å². The third-order valence-corrected chi connectivity index (χ3v) is 3.59. The molecule has 1 saturated carbocycles. The van der Waals surface area contributed by atoms with Crippen LogP contribution in [0.5, 0.6) is 0 Å². The van der Waals surface area contributed by atoms with Gasteiger partial charge in [-0.3, -0.25) is 0 Å². The van der Waals surface area contributed by atoms with E-state index >= 15 is 0 Å². The van der Waals surface area contributed by atoms with E-state index in [2.05, 4.69) is 17.2 Å². The third-order valence-electron chi connectivity index (χ3n) is 3.39. The number of aromatic nitrogens is 1. The van der Waals surface area contributed by atoms with Gasteiger partial charge in [0.15, 0.2) is 0 Å². The Hall–Kier alpha value is -0.640. The Morgan fingerprint density at radius 2 is 2.38 bits per heavy atom. The van der Waals surface area contributed by atoms with Crippen molar-refractivity contribution in [2.45, 2.75) is 37.8 Å². The van der Waals surface area contributed by atoms with Crippen molar-refractivity contribution in [1.29, 1.82) is 0 Å². The summed E-state index contributed by atoms with van der Waals surface area (Å²) in [6.07, 6.45) is 5.00. The van der Waals surface area contributed by atoms with Gasteiger partial charge in [-0.2, -0.15) is 0 Å². The highest BCUT2D eigenvalue weighted by atomic mass is 35.5. The molecule has 1 heterocycles. The number of halogens is 1. The molecule has 2 N–H and O–H groups in total. The molecule has 0 saturated heterocycles. The van der Waals surface area contributed by atoms with E-state index < -0.39 is 0 Å². The van der Waals surface area contributed by atoms with Crippen LogP contribution in [0.4, 0.5) is 0 Å². The minimum atomic E-state index is -0.0742. The van der Waals surface area contributed by atoms with Crippen LogP contribution in [0.2, 0.25) is 5.15 Å². The molecule has 1 aliphatic rings. The molecule has 1 aromatic rings. The summed E-state index contributed by atoms with van der Waals surface area (Å²) < 4.78 is 0. The zero-order valence-electron chi connectivity index (χ0n) is 9.41. The van der Waals surface area contributed by atoms with Crippen molar-refractivity contribution in [3.8, 4) is 0 Å². The first-order valence-corrected chi connectivity index (χ1v) is 6.03. The van der Waals surface area contributed by atoms with Gasteiger partial charge in [0.1, 0.15) is 5.15 Å². The van der Waals surface area contributed by atoms with Crippen molar-refractivity contribution < 1.29 is 5.11 Å². The first-order valence-electron chi connectivity index (χ1n) is 5.65. The summed E-state index contributed by atoms with van der Waals surface area (Å²) in [4.78, 5) is 3.96. The van der Waals surface area contributed by atoms with Gasteiger partial charge in [0, 0.05) is 17.8 Å². The standard InChI is InChI=1S/C12H17ClN2O/c1-9(10-3-6-14-11(13)7-10)15-12(8-16)4-2-5-12/h3,6-7,9,15-16H,2,4-5,8H2,1H3. The second-order valence-electron chi connectivity index (χ2n) is 4.57. The zero-order chi connectivity index (χ0) is 11.6. The lowest BCUT2D eigenvalue weighted by Gasteiger charge is -2.43. The molecule has 0 aromatic carbocycles. The van der Waals surface area contributed by atoms with Crippen LogP contribution >= 0.6 is 11.6 Å². The molecule has 2 rings (SSSR count). The van der Waals surface area contributed by atoms with Gasteiger partial charge in [0.2, 0.25) is 0 Å². The van der Waals surface area contributed by atoms with E-state index in [0.29, 0.717) is 5.15 Å². The Morgan fingerprint density at radius 1 is 1.62 bits per heavy atom. The second kappa shape index (κ2) is 4.70. The highest BCUT2D eigenvalue weighted by Gasteiger charge is 2.37. The Kier molecular flexibility index (Phi) is 3.47. The van der Waals surface area contributed by atoms with E-state index in [9.17, 15) is 5.11 Å². The molecule has 0 radical (unpaired) electrons. The molecule has 16 heavy (non-hydrogen) atoms. The Morgan fingerprint density at radius 3 is 2.88 bits per heavy atom. The van der Waals surface area contributed by atoms with Crippen LogP contribution in [0.25, 0.3) is 0 Å². The highest BCUT2D eigenvalue weighted by Crippen LogP contribution is 2.33. The molecule has 1 unspecified atom stereocenters. The zero-order valence-corrected chi connectivity index (χ0v) is 10.2. The maximum atomic E-state index is 9.39. The lowest BCUT2D eigenvalue weighted by Crippen LogP contribution is -2.54. The minimum absolute atomic E-state index is 0.0742. The molecule has 0 bridgehead atoms. The summed E-state index contributed by atoms with van der Waals surface area (Å²) in [5.41, 5.74) is 1.04. The van der Waals surface area contributed by atoms with Gasteiger partial charge in [-0.05, 0) is 43.9 Å². The molecular formula is C12H17ClN2O. The monoisotopic (exact) mass is 240 g/mol. The topological polar surface area (TPSA) is 45.1 Å². The lowest BCUT2D eigenvalue weighted by atomic mass is 9.76. The average molecular weight is 241 g/mol. The molecule has 4 heteroatoms. The van der Waals surface area contributed by atoms with Gasteiger partial charge < -0.3 is 10.4 Å². The summed E-state index contributed by atoms with van der Waals surface area (Å²) in [7, 11) is 0. The molecule has 0 amide bonds. The number of nitrogens with zero attached hydrogens (tertiary/aromatic N) is 1. The smallest absolute Gasteiger partial charge is 0.129 e. The van der Waals surface area contributed by atoms with E-state index in [0.717, 1.165) is 18.4 Å². The predicted molar refractivity (Wildman–Crippen MR) is 64.5 cm³/mol. The van der Waals surface area contributed by atoms with E-state index in [1.165, 1.54) is 6.42 Å². The Balaban J connectivity index is 2.05. The lowest BCUT2D eigenvalue weighted by molar-refractivity contribution is 0.0787. The summed E-state index contributed by atoms with van der Waals surface area (Å²) in [5, 5.41) is 13.4. The number of pyridine rings is 1. The van der Waals surface area contributed by atoms with Gasteiger partial charge in [0.25, 0.3) is 0 Å². The molecule has 1 atom stereocenters. The molecule has 1 fully saturated rings. The number of hydrogen-bond acceptors (Lipinski definition) is 3. The van der Waals surface area contributed by atoms with Crippen LogP contribution in [0.1, 0.15) is 37.8 Å². The predicted octanol–water partition coefficient (Wildman–Crippen LogP) is 2.30. The molecule has 0 aliphatic heterocycles. The molecule has 0 spiro atoms. The normalized spacial score (nSPS) is 20.2. The fraction of sp³-hybridized carbons (Fsp3) is 0.583. The van der Waals surface area contributed by atoms with Crippen molar-refractivity contribution in [1.82, 2.24) is 10.3 Å². The van der Waals surface area contributed by atoms with Crippen LogP contribution in [0.3, 0.4) is 0 Å². The van der Waals surface area contributed by atoms with E-state index in [4.69, 9.17) is 11.6 Å². The van der Waals surface area contributed by atoms with Crippen molar-refractivity contribution in [2.75, 3.05) is 6.61 Å². The molecule has 88 valence electrons. The van der Waals surface area contributed by atoms with E-state index in [1.807, 2.05) is 12.1 Å². The van der Waals surface area contributed by atoms with Crippen LogP contribution in [0, 0.1) is 0 Å². The van der Waals surface area contributed by atoms with Crippen molar-refractivity contribution in [3.63, 3.8) is 0 Å².